The average molecular weight is 312 g/mol. The normalized spacial score (nSPS) is 11.1. The lowest BCUT2D eigenvalue weighted by Gasteiger charge is -2.06. The van der Waals surface area contributed by atoms with Crippen LogP contribution in [-0.4, -0.2) is 19.9 Å². The quantitative estimate of drug-likeness (QED) is 0.552. The fourth-order valence-electron chi connectivity index (χ4n) is 2.18. The lowest BCUT2D eigenvalue weighted by Crippen LogP contribution is -2.11. The maximum absolute atomic E-state index is 12.0. The van der Waals surface area contributed by atoms with Crippen molar-refractivity contribution in [2.75, 3.05) is 0 Å². The van der Waals surface area contributed by atoms with Gasteiger partial charge in [0.25, 0.3) is 5.56 Å². The zero-order valence-corrected chi connectivity index (χ0v) is 11.8. The number of nitrogens with zero attached hydrogens (tertiary/aromatic N) is 2. The van der Waals surface area contributed by atoms with Gasteiger partial charge in [-0.2, -0.15) is 0 Å². The van der Waals surface area contributed by atoms with Gasteiger partial charge >= 0.3 is 0 Å². The molecule has 7 nitrogen and oxygen atoms in total. The summed E-state index contributed by atoms with van der Waals surface area (Å²) in [7, 11) is 0. The van der Waals surface area contributed by atoms with E-state index < -0.39 is 5.56 Å². The smallest absolute Gasteiger partial charge is 0.279 e. The molecule has 4 heterocycles. The van der Waals surface area contributed by atoms with E-state index >= 15 is 0 Å². The molecule has 0 amide bonds. The van der Waals surface area contributed by atoms with Crippen LogP contribution in [0.5, 0.6) is 0 Å². The highest BCUT2D eigenvalue weighted by molar-refractivity contribution is 7.71. The molecule has 0 bridgehead atoms. The molecular weight excluding hydrogens is 304 g/mol. The van der Waals surface area contributed by atoms with Crippen LogP contribution in [0, 0.1) is 4.77 Å². The monoisotopic (exact) mass is 312 g/mol. The Morgan fingerprint density at radius 1 is 0.955 bits per heavy atom. The van der Waals surface area contributed by atoms with Crippen molar-refractivity contribution in [1.82, 2.24) is 19.9 Å². The fourth-order valence-corrected chi connectivity index (χ4v) is 2.37. The molecule has 0 unspecified atom stereocenters. The van der Waals surface area contributed by atoms with E-state index in [1.165, 1.54) is 6.26 Å². The molecule has 108 valence electrons. The minimum Gasteiger partial charge on any atom is -0.472 e. The van der Waals surface area contributed by atoms with E-state index in [4.69, 9.17) is 21.1 Å². The predicted octanol–water partition coefficient (Wildman–Crippen LogP) is 2.90. The highest BCUT2D eigenvalue weighted by Gasteiger charge is 2.16. The fraction of sp³-hybridized carbons (Fsp3) is 0. The number of aromatic amines is 2. The molecule has 0 aliphatic carbocycles. The van der Waals surface area contributed by atoms with Crippen molar-refractivity contribution in [3.8, 4) is 22.5 Å². The molecule has 0 saturated carbocycles. The summed E-state index contributed by atoms with van der Waals surface area (Å²) in [4.78, 5) is 26.3. The van der Waals surface area contributed by atoms with Gasteiger partial charge in [0.05, 0.1) is 25.1 Å². The van der Waals surface area contributed by atoms with Crippen molar-refractivity contribution in [2.24, 2.45) is 0 Å². The van der Waals surface area contributed by atoms with E-state index in [2.05, 4.69) is 19.9 Å². The standard InChI is InChI=1S/C14H8N4O3S/c19-13-11-12(17-14(22)18-13)16-10(8-2-4-21-6-8)9(15-11)7-1-3-20-5-7/h1-6H,(H2,16,17,18,19,22). The van der Waals surface area contributed by atoms with E-state index in [9.17, 15) is 4.79 Å². The lowest BCUT2D eigenvalue weighted by atomic mass is 10.1. The average Bonchev–Trinajstić information content (AvgIpc) is 3.19. The Balaban J connectivity index is 2.13. The van der Waals surface area contributed by atoms with Gasteiger partial charge in [0.1, 0.15) is 11.4 Å². The van der Waals surface area contributed by atoms with E-state index in [1.807, 2.05) is 0 Å². The second-order valence-electron chi connectivity index (χ2n) is 4.55. The summed E-state index contributed by atoms with van der Waals surface area (Å²) in [6.45, 7) is 0. The van der Waals surface area contributed by atoms with E-state index in [1.54, 1.807) is 30.9 Å². The molecule has 2 N–H and O–H groups in total. The Morgan fingerprint density at radius 2 is 1.59 bits per heavy atom. The lowest BCUT2D eigenvalue weighted by molar-refractivity contribution is 0.567. The minimum absolute atomic E-state index is 0.178. The first kappa shape index (κ1) is 12.7. The van der Waals surface area contributed by atoms with Crippen LogP contribution in [0.25, 0.3) is 33.7 Å². The largest absolute Gasteiger partial charge is 0.472 e. The number of hydrogen-bond donors (Lipinski definition) is 2. The zero-order chi connectivity index (χ0) is 15.1. The highest BCUT2D eigenvalue weighted by Crippen LogP contribution is 2.30. The molecule has 0 saturated heterocycles. The van der Waals surface area contributed by atoms with E-state index in [0.717, 1.165) is 5.56 Å². The molecular formula is C14H8N4O3S. The Bertz CT molecular complexity index is 1060. The van der Waals surface area contributed by atoms with Gasteiger partial charge in [-0.15, -0.1) is 0 Å². The number of fused-ring (bicyclic) bond motifs is 1. The first-order chi connectivity index (χ1) is 10.7. The summed E-state index contributed by atoms with van der Waals surface area (Å²) >= 11 is 4.97. The third-order valence-corrected chi connectivity index (χ3v) is 3.36. The van der Waals surface area contributed by atoms with Gasteiger partial charge in [0.15, 0.2) is 15.9 Å². The molecule has 0 fully saturated rings. The van der Waals surface area contributed by atoms with Crippen molar-refractivity contribution < 1.29 is 8.83 Å². The van der Waals surface area contributed by atoms with Crippen LogP contribution in [0.3, 0.4) is 0 Å². The first-order valence-corrected chi connectivity index (χ1v) is 6.73. The molecule has 0 aromatic carbocycles. The maximum atomic E-state index is 12.0. The second kappa shape index (κ2) is 4.78. The van der Waals surface area contributed by atoms with Gasteiger partial charge in [-0.25, -0.2) is 9.97 Å². The van der Waals surface area contributed by atoms with Crippen LogP contribution in [0.4, 0.5) is 0 Å². The van der Waals surface area contributed by atoms with Crippen molar-refractivity contribution in [2.45, 2.75) is 0 Å². The van der Waals surface area contributed by atoms with Crippen molar-refractivity contribution in [3.05, 3.63) is 52.3 Å². The molecule has 4 aromatic rings. The number of H-pyrrole nitrogens is 2. The molecule has 0 aliphatic rings. The molecule has 4 aromatic heterocycles. The number of rotatable bonds is 2. The Hall–Kier alpha value is -3.00. The van der Waals surface area contributed by atoms with E-state index in [0.29, 0.717) is 22.6 Å². The van der Waals surface area contributed by atoms with Crippen molar-refractivity contribution in [3.63, 3.8) is 0 Å². The molecule has 0 spiro atoms. The highest BCUT2D eigenvalue weighted by atomic mass is 32.1. The van der Waals surface area contributed by atoms with Crippen molar-refractivity contribution >= 4 is 23.4 Å². The predicted molar refractivity (Wildman–Crippen MR) is 80.7 cm³/mol. The van der Waals surface area contributed by atoms with Crippen LogP contribution < -0.4 is 5.56 Å². The molecule has 0 radical (unpaired) electrons. The Labute approximate surface area is 127 Å². The topological polar surface area (TPSA) is 101 Å². The maximum Gasteiger partial charge on any atom is 0.279 e. The third kappa shape index (κ3) is 1.97. The van der Waals surface area contributed by atoms with Crippen LogP contribution in [0.2, 0.25) is 0 Å². The molecule has 0 atom stereocenters. The summed E-state index contributed by atoms with van der Waals surface area (Å²) in [6.07, 6.45) is 6.17. The summed E-state index contributed by atoms with van der Waals surface area (Å²) in [6, 6.07) is 3.51. The van der Waals surface area contributed by atoms with Gasteiger partial charge < -0.3 is 13.8 Å². The minimum atomic E-state index is -0.394. The Morgan fingerprint density at radius 3 is 2.18 bits per heavy atom. The molecule has 0 aliphatic heterocycles. The summed E-state index contributed by atoms with van der Waals surface area (Å²) in [5.41, 5.74) is 2.65. The van der Waals surface area contributed by atoms with E-state index in [-0.39, 0.29) is 10.3 Å². The number of aromatic nitrogens is 4. The zero-order valence-electron chi connectivity index (χ0n) is 11.0. The molecule has 4 rings (SSSR count). The van der Waals surface area contributed by atoms with Gasteiger partial charge in [-0.1, -0.05) is 0 Å². The first-order valence-electron chi connectivity index (χ1n) is 6.32. The van der Waals surface area contributed by atoms with Gasteiger partial charge in [0.2, 0.25) is 0 Å². The summed E-state index contributed by atoms with van der Waals surface area (Å²) in [5, 5.41) is 0. The van der Waals surface area contributed by atoms with Gasteiger partial charge in [-0.3, -0.25) is 9.78 Å². The summed E-state index contributed by atoms with van der Waals surface area (Å²) < 4.78 is 10.4. The number of furan rings is 2. The molecule has 8 heteroatoms. The number of nitrogens with one attached hydrogen (secondary N) is 2. The van der Waals surface area contributed by atoms with Crippen LogP contribution in [0.15, 0.2) is 50.8 Å². The van der Waals surface area contributed by atoms with Crippen LogP contribution in [0.1, 0.15) is 0 Å². The van der Waals surface area contributed by atoms with Gasteiger partial charge in [0, 0.05) is 11.1 Å². The summed E-state index contributed by atoms with van der Waals surface area (Å²) in [5.74, 6) is 0. The SMILES string of the molecule is O=c1[nH]c(=S)[nH]c2nc(-c3ccoc3)c(-c3ccoc3)nc12. The second-order valence-corrected chi connectivity index (χ2v) is 4.96. The van der Waals surface area contributed by atoms with Gasteiger partial charge in [-0.05, 0) is 24.4 Å². The third-order valence-electron chi connectivity index (χ3n) is 3.16. The Kier molecular flexibility index (Phi) is 2.76. The molecule has 22 heavy (non-hydrogen) atoms. The van der Waals surface area contributed by atoms with Crippen LogP contribution >= 0.6 is 12.2 Å². The number of hydrogen-bond acceptors (Lipinski definition) is 6. The van der Waals surface area contributed by atoms with Crippen molar-refractivity contribution in [1.29, 1.82) is 0 Å². The van der Waals surface area contributed by atoms with Crippen LogP contribution in [-0.2, 0) is 0 Å².